The summed E-state index contributed by atoms with van der Waals surface area (Å²) in [4.78, 5) is 13.7. The molecule has 0 fully saturated rings. The van der Waals surface area contributed by atoms with Gasteiger partial charge in [0.25, 0.3) is 0 Å². The van der Waals surface area contributed by atoms with E-state index in [1.54, 1.807) is 42.7 Å². The highest BCUT2D eigenvalue weighted by molar-refractivity contribution is 7.11. The smallest absolute Gasteiger partial charge is 0.223 e. The van der Waals surface area contributed by atoms with Crippen molar-refractivity contribution in [1.29, 1.82) is 0 Å². The number of rotatable bonds is 12. The van der Waals surface area contributed by atoms with Gasteiger partial charge in [-0.25, -0.2) is 9.97 Å². The monoisotopic (exact) mass is 870 g/mol. The molecule has 6 heterocycles. The fourth-order valence-electron chi connectivity index (χ4n) is 5.06. The molecule has 0 bridgehead atoms. The van der Waals surface area contributed by atoms with Crippen LogP contribution in [0.5, 0.6) is 0 Å². The van der Waals surface area contributed by atoms with Gasteiger partial charge in [0.2, 0.25) is 17.7 Å². The molecular formula is C45H75N9O4S2. The van der Waals surface area contributed by atoms with Crippen molar-refractivity contribution in [3.8, 4) is 0 Å². The van der Waals surface area contributed by atoms with Crippen LogP contribution in [0, 0.1) is 77.0 Å². The molecule has 0 amide bonds. The van der Waals surface area contributed by atoms with Gasteiger partial charge in [-0.2, -0.15) is 4.98 Å². The van der Waals surface area contributed by atoms with Gasteiger partial charge < -0.3 is 17.9 Å². The van der Waals surface area contributed by atoms with Crippen LogP contribution in [-0.2, 0) is 38.5 Å². The summed E-state index contributed by atoms with van der Waals surface area (Å²) < 4.78 is 20.2. The van der Waals surface area contributed by atoms with Crippen molar-refractivity contribution < 1.29 is 17.9 Å². The summed E-state index contributed by atoms with van der Waals surface area (Å²) in [6.45, 7) is 37.4. The molecule has 0 unspecified atom stereocenters. The number of aromatic nitrogens is 9. The third-order valence-corrected chi connectivity index (χ3v) is 9.11. The zero-order valence-corrected chi connectivity index (χ0v) is 41.5. The van der Waals surface area contributed by atoms with Crippen LogP contribution in [0.2, 0.25) is 0 Å². The number of hydrogen-bond acceptors (Lipinski definition) is 15. The fourth-order valence-corrected chi connectivity index (χ4v) is 6.99. The number of hydrogen-bond donors (Lipinski definition) is 0. The van der Waals surface area contributed by atoms with Gasteiger partial charge in [-0.1, -0.05) is 93.4 Å². The van der Waals surface area contributed by atoms with Crippen LogP contribution in [-0.4, -0.2) is 45.7 Å². The first kappa shape index (κ1) is 53.9. The van der Waals surface area contributed by atoms with E-state index in [-0.39, 0.29) is 0 Å². The summed E-state index contributed by atoms with van der Waals surface area (Å²) in [5.74, 6) is 9.42. The zero-order chi connectivity index (χ0) is 45.4. The predicted octanol–water partition coefficient (Wildman–Crippen LogP) is 12.2. The summed E-state index contributed by atoms with van der Waals surface area (Å²) in [6.07, 6.45) is 9.79. The van der Waals surface area contributed by atoms with E-state index in [4.69, 9.17) is 17.9 Å². The summed E-state index contributed by atoms with van der Waals surface area (Å²) in [5.41, 5.74) is 1.06. The topological polar surface area (TPSA) is 169 Å². The van der Waals surface area contributed by atoms with Crippen molar-refractivity contribution in [3.63, 3.8) is 0 Å². The number of aryl methyl sites for hydroxylation is 6. The summed E-state index contributed by atoms with van der Waals surface area (Å²) in [6, 6.07) is 1.99. The van der Waals surface area contributed by atoms with E-state index < -0.39 is 0 Å². The second kappa shape index (κ2) is 29.2. The Kier molecular flexibility index (Phi) is 26.2. The van der Waals surface area contributed by atoms with Crippen molar-refractivity contribution in [2.24, 2.45) is 35.5 Å². The van der Waals surface area contributed by atoms with Gasteiger partial charge in [0.1, 0.15) is 21.5 Å². The Bertz CT molecular complexity index is 1590. The standard InChI is InChI=1S/2C8H13NO.C8H13NS.2C7H12N2O.C7H12N2S/c1-6(2)4-8-5-9-7(3)10-8;1-6(2)4-8-5-7(3)10-9-8;1-6(2)4-8-5-9-7(3)10-8;1-5(2)4-7-9-8-6(3)10-7;1-5(2)4-7-8-6(3)10-9-7;1-5(2)4-7-9-8-6(3)10-7/h3*5-6H,4H2,1-3H3;3*5H,4H2,1-3H3. The molecule has 6 aromatic rings. The molecule has 336 valence electrons. The Morgan fingerprint density at radius 3 is 1.52 bits per heavy atom. The number of thiazole rings is 1. The molecule has 6 rings (SSSR count). The van der Waals surface area contributed by atoms with E-state index in [0.717, 1.165) is 82.9 Å². The molecule has 15 heteroatoms. The molecule has 0 aromatic carbocycles. The van der Waals surface area contributed by atoms with E-state index in [1.807, 2.05) is 33.0 Å². The summed E-state index contributed by atoms with van der Waals surface area (Å²) >= 11 is 3.50. The molecule has 60 heavy (non-hydrogen) atoms. The maximum atomic E-state index is 5.28. The first-order valence-corrected chi connectivity index (χ1v) is 22.8. The lowest BCUT2D eigenvalue weighted by molar-refractivity contribution is 0.384. The van der Waals surface area contributed by atoms with E-state index in [0.29, 0.717) is 41.4 Å². The first-order chi connectivity index (χ1) is 28.1. The van der Waals surface area contributed by atoms with Crippen LogP contribution in [0.4, 0.5) is 0 Å². The Morgan fingerprint density at radius 2 is 1.12 bits per heavy atom. The fraction of sp³-hybridized carbons (Fsp3) is 0.667. The van der Waals surface area contributed by atoms with Crippen molar-refractivity contribution in [3.05, 3.63) is 85.0 Å². The Hall–Kier alpha value is -4.11. The molecular weight excluding hydrogens is 795 g/mol. The Balaban J connectivity index is 0.000000360. The Labute approximate surface area is 368 Å². The highest BCUT2D eigenvalue weighted by atomic mass is 32.1. The molecule has 0 radical (unpaired) electrons. The van der Waals surface area contributed by atoms with Gasteiger partial charge in [-0.15, -0.1) is 43.1 Å². The predicted molar refractivity (Wildman–Crippen MR) is 243 cm³/mol. The minimum atomic E-state index is 0.583. The van der Waals surface area contributed by atoms with Gasteiger partial charge >= 0.3 is 0 Å². The molecule has 0 atom stereocenters. The van der Waals surface area contributed by atoms with Crippen LogP contribution < -0.4 is 0 Å². The molecule has 0 aliphatic carbocycles. The van der Waals surface area contributed by atoms with E-state index in [9.17, 15) is 0 Å². The van der Waals surface area contributed by atoms with Gasteiger partial charge in [0, 0.05) is 63.6 Å². The van der Waals surface area contributed by atoms with Crippen molar-refractivity contribution in [2.75, 3.05) is 0 Å². The maximum absolute atomic E-state index is 5.28. The third kappa shape index (κ3) is 27.6. The molecule has 0 aliphatic rings. The lowest BCUT2D eigenvalue weighted by Gasteiger charge is -1.98. The quantitative estimate of drug-likeness (QED) is 0.114. The molecule has 13 nitrogen and oxygen atoms in total. The maximum Gasteiger partial charge on any atom is 0.223 e. The molecule has 0 saturated carbocycles. The Morgan fingerprint density at radius 1 is 0.500 bits per heavy atom. The molecule has 0 N–H and O–H groups in total. The van der Waals surface area contributed by atoms with Gasteiger partial charge in [0.05, 0.1) is 16.9 Å². The van der Waals surface area contributed by atoms with Crippen LogP contribution in [0.15, 0.2) is 36.3 Å². The molecule has 0 spiro atoms. The van der Waals surface area contributed by atoms with Crippen molar-refractivity contribution in [1.82, 2.24) is 45.7 Å². The van der Waals surface area contributed by atoms with Crippen molar-refractivity contribution in [2.45, 2.75) is 163 Å². The van der Waals surface area contributed by atoms with E-state index >= 15 is 0 Å². The molecule has 6 aromatic heterocycles. The minimum Gasteiger partial charge on any atom is -0.446 e. The number of nitrogens with zero attached hydrogens (tertiary/aromatic N) is 9. The normalized spacial score (nSPS) is 10.8. The van der Waals surface area contributed by atoms with E-state index in [1.165, 1.54) is 16.3 Å². The van der Waals surface area contributed by atoms with E-state index in [2.05, 4.69) is 136 Å². The van der Waals surface area contributed by atoms with Gasteiger partial charge in [-0.05, 0) is 69.1 Å². The second-order valence-corrected chi connectivity index (χ2v) is 20.0. The van der Waals surface area contributed by atoms with Gasteiger partial charge in [0.15, 0.2) is 11.7 Å². The summed E-state index contributed by atoms with van der Waals surface area (Å²) in [7, 11) is 0. The van der Waals surface area contributed by atoms with Gasteiger partial charge in [-0.3, -0.25) is 0 Å². The SMILES string of the molecule is Cc1cc(CC(C)C)no1.Cc1nc(CC(C)C)no1.Cc1ncc(CC(C)C)o1.Cc1ncc(CC(C)C)s1.Cc1nnc(CC(C)C)o1.Cc1nnc(CC(C)C)s1. The highest BCUT2D eigenvalue weighted by Gasteiger charge is 2.06. The lowest BCUT2D eigenvalue weighted by atomic mass is 10.1. The lowest BCUT2D eigenvalue weighted by Crippen LogP contribution is -1.95. The third-order valence-electron chi connectivity index (χ3n) is 7.31. The highest BCUT2D eigenvalue weighted by Crippen LogP contribution is 2.16. The number of oxazole rings is 1. The van der Waals surface area contributed by atoms with Crippen LogP contribution in [0.1, 0.15) is 150 Å². The minimum absolute atomic E-state index is 0.583. The average molecular weight is 870 g/mol. The summed E-state index contributed by atoms with van der Waals surface area (Å²) in [5, 5.41) is 26.6. The second-order valence-electron chi connectivity index (χ2n) is 17.4. The van der Waals surface area contributed by atoms with Crippen LogP contribution in [0.25, 0.3) is 0 Å². The van der Waals surface area contributed by atoms with Crippen LogP contribution in [0.3, 0.4) is 0 Å². The average Bonchev–Trinajstić information content (AvgIpc) is 3.99. The largest absolute Gasteiger partial charge is 0.446 e. The van der Waals surface area contributed by atoms with Crippen molar-refractivity contribution >= 4 is 22.7 Å². The van der Waals surface area contributed by atoms with Crippen LogP contribution >= 0.6 is 22.7 Å². The first-order valence-electron chi connectivity index (χ1n) is 21.2. The zero-order valence-electron chi connectivity index (χ0n) is 39.9. The molecule has 0 saturated heterocycles. The molecule has 0 aliphatic heterocycles.